The maximum atomic E-state index is 11.6. The molecule has 0 aromatic carbocycles. The van der Waals surface area contributed by atoms with Gasteiger partial charge in [-0.3, -0.25) is 4.79 Å². The first-order valence-electron chi connectivity index (χ1n) is 6.46. The minimum Gasteiger partial charge on any atom is -0.355 e. The molecule has 0 radical (unpaired) electrons. The Hall–Kier alpha value is -1.04. The maximum Gasteiger partial charge on any atom is 0.240 e. The molecule has 3 nitrogen and oxygen atoms in total. The molecule has 0 unspecified atom stereocenters. The fourth-order valence-electron chi connectivity index (χ4n) is 2.58. The van der Waals surface area contributed by atoms with Gasteiger partial charge in [-0.1, -0.05) is 25.7 Å². The van der Waals surface area contributed by atoms with Crippen LogP contribution < -0.4 is 5.32 Å². The van der Waals surface area contributed by atoms with Crippen molar-refractivity contribution in [2.45, 2.75) is 51.4 Å². The monoisotopic (exact) mass is 220 g/mol. The fourth-order valence-corrected chi connectivity index (χ4v) is 2.58. The molecule has 2 saturated carbocycles. The molecule has 0 aromatic rings. The molecule has 1 N–H and O–H groups in total. The number of rotatable bonds is 5. The molecule has 0 aromatic heterocycles. The lowest BCUT2D eigenvalue weighted by molar-refractivity contribution is -0.124. The summed E-state index contributed by atoms with van der Waals surface area (Å²) in [5, 5.41) is 11.7. The first-order chi connectivity index (χ1) is 7.77. The Kier molecular flexibility index (Phi) is 3.48. The summed E-state index contributed by atoms with van der Waals surface area (Å²) >= 11 is 0. The molecule has 0 bridgehead atoms. The van der Waals surface area contributed by atoms with Crippen LogP contribution in [0.1, 0.15) is 51.4 Å². The van der Waals surface area contributed by atoms with Gasteiger partial charge in [0.25, 0.3) is 0 Å². The third kappa shape index (κ3) is 2.55. The van der Waals surface area contributed by atoms with E-state index in [1.54, 1.807) is 0 Å². The number of hydrogen-bond acceptors (Lipinski definition) is 2. The Bertz CT molecular complexity index is 296. The van der Waals surface area contributed by atoms with Crippen LogP contribution in [0.5, 0.6) is 0 Å². The van der Waals surface area contributed by atoms with Crippen LogP contribution in [0, 0.1) is 22.7 Å². The van der Waals surface area contributed by atoms with Gasteiger partial charge in [0, 0.05) is 6.54 Å². The second-order valence-corrected chi connectivity index (χ2v) is 5.24. The molecule has 2 fully saturated rings. The smallest absolute Gasteiger partial charge is 0.240 e. The molecule has 0 saturated heterocycles. The summed E-state index contributed by atoms with van der Waals surface area (Å²) in [5.74, 6) is 0.851. The summed E-state index contributed by atoms with van der Waals surface area (Å²) in [5.41, 5.74) is -0.645. The zero-order chi connectivity index (χ0) is 11.4. The van der Waals surface area contributed by atoms with E-state index in [0.29, 0.717) is 0 Å². The largest absolute Gasteiger partial charge is 0.355 e. The standard InChI is InChI=1S/C13H20N2O/c14-10-13(7-8-13)12(16)15-9-3-6-11-4-1-2-5-11/h11H,1-9H2,(H,15,16). The SMILES string of the molecule is N#CC1(C(=O)NCCCC2CCCC2)CC1. The number of nitrogens with zero attached hydrogens (tertiary/aromatic N) is 1. The Morgan fingerprint density at radius 3 is 2.62 bits per heavy atom. The van der Waals surface area contributed by atoms with Gasteiger partial charge in [-0.05, 0) is 31.6 Å². The minimum atomic E-state index is -0.645. The zero-order valence-electron chi connectivity index (χ0n) is 9.80. The molecule has 0 aliphatic heterocycles. The molecular weight excluding hydrogens is 200 g/mol. The number of nitrogens with one attached hydrogen (secondary N) is 1. The van der Waals surface area contributed by atoms with Crippen LogP contribution in [0.2, 0.25) is 0 Å². The highest BCUT2D eigenvalue weighted by atomic mass is 16.2. The number of carbonyl (C=O) groups excluding carboxylic acids is 1. The summed E-state index contributed by atoms with van der Waals surface area (Å²) in [6.07, 6.45) is 9.31. The predicted octanol–water partition coefficient (Wildman–Crippen LogP) is 2.38. The molecule has 2 aliphatic rings. The van der Waals surface area contributed by atoms with Gasteiger partial charge >= 0.3 is 0 Å². The predicted molar refractivity (Wildman–Crippen MR) is 61.5 cm³/mol. The van der Waals surface area contributed by atoms with Gasteiger partial charge in [0.15, 0.2) is 0 Å². The molecule has 0 spiro atoms. The lowest BCUT2D eigenvalue weighted by atomic mass is 10.0. The zero-order valence-corrected chi connectivity index (χ0v) is 9.80. The van der Waals surface area contributed by atoms with Gasteiger partial charge in [-0.25, -0.2) is 0 Å². The summed E-state index contributed by atoms with van der Waals surface area (Å²) in [6.45, 7) is 0.749. The number of nitriles is 1. The molecule has 88 valence electrons. The van der Waals surface area contributed by atoms with Gasteiger partial charge in [0.1, 0.15) is 5.41 Å². The number of hydrogen-bond donors (Lipinski definition) is 1. The van der Waals surface area contributed by atoms with E-state index in [0.717, 1.165) is 31.7 Å². The van der Waals surface area contributed by atoms with E-state index in [2.05, 4.69) is 11.4 Å². The second kappa shape index (κ2) is 4.86. The van der Waals surface area contributed by atoms with Crippen molar-refractivity contribution >= 4 is 5.91 Å². The van der Waals surface area contributed by atoms with Crippen molar-refractivity contribution in [2.24, 2.45) is 11.3 Å². The molecule has 0 heterocycles. The Morgan fingerprint density at radius 2 is 2.06 bits per heavy atom. The van der Waals surface area contributed by atoms with Crippen LogP contribution in [-0.2, 0) is 4.79 Å². The highest BCUT2D eigenvalue weighted by molar-refractivity contribution is 5.88. The lowest BCUT2D eigenvalue weighted by Gasteiger charge is -2.10. The first kappa shape index (κ1) is 11.4. The van der Waals surface area contributed by atoms with E-state index in [1.807, 2.05) is 0 Å². The molecule has 2 rings (SSSR count). The second-order valence-electron chi connectivity index (χ2n) is 5.24. The van der Waals surface area contributed by atoms with E-state index in [1.165, 1.54) is 32.1 Å². The van der Waals surface area contributed by atoms with E-state index in [4.69, 9.17) is 5.26 Å². The van der Waals surface area contributed by atoms with Crippen LogP contribution in [0.3, 0.4) is 0 Å². The molecule has 1 amide bonds. The summed E-state index contributed by atoms with van der Waals surface area (Å²) in [7, 11) is 0. The third-order valence-electron chi connectivity index (χ3n) is 3.95. The summed E-state index contributed by atoms with van der Waals surface area (Å²) < 4.78 is 0. The van der Waals surface area contributed by atoms with E-state index >= 15 is 0 Å². The van der Waals surface area contributed by atoms with Gasteiger partial charge in [-0.2, -0.15) is 5.26 Å². The molecule has 2 aliphatic carbocycles. The van der Waals surface area contributed by atoms with Gasteiger partial charge in [0.2, 0.25) is 5.91 Å². The first-order valence-corrected chi connectivity index (χ1v) is 6.46. The van der Waals surface area contributed by atoms with E-state index in [-0.39, 0.29) is 5.91 Å². The van der Waals surface area contributed by atoms with Crippen molar-refractivity contribution in [3.05, 3.63) is 0 Å². The van der Waals surface area contributed by atoms with Crippen molar-refractivity contribution in [3.63, 3.8) is 0 Å². The molecule has 0 atom stereocenters. The Labute approximate surface area is 97.2 Å². The van der Waals surface area contributed by atoms with Crippen LogP contribution in [0.15, 0.2) is 0 Å². The van der Waals surface area contributed by atoms with Crippen molar-refractivity contribution in [1.29, 1.82) is 5.26 Å². The lowest BCUT2D eigenvalue weighted by Crippen LogP contribution is -2.32. The molecule has 3 heteroatoms. The Morgan fingerprint density at radius 1 is 1.38 bits per heavy atom. The highest BCUT2D eigenvalue weighted by Crippen LogP contribution is 2.44. The van der Waals surface area contributed by atoms with Crippen molar-refractivity contribution < 1.29 is 4.79 Å². The average Bonchev–Trinajstić information content (AvgIpc) is 2.94. The van der Waals surface area contributed by atoms with Crippen LogP contribution in [0.4, 0.5) is 0 Å². The summed E-state index contributed by atoms with van der Waals surface area (Å²) in [4.78, 5) is 11.6. The quantitative estimate of drug-likeness (QED) is 0.723. The topological polar surface area (TPSA) is 52.9 Å². The Balaban J connectivity index is 1.58. The fraction of sp³-hybridized carbons (Fsp3) is 0.846. The highest BCUT2D eigenvalue weighted by Gasteiger charge is 2.50. The molecular formula is C13H20N2O. The van der Waals surface area contributed by atoms with Gasteiger partial charge in [0.05, 0.1) is 6.07 Å². The van der Waals surface area contributed by atoms with Crippen molar-refractivity contribution in [1.82, 2.24) is 5.32 Å². The van der Waals surface area contributed by atoms with Crippen molar-refractivity contribution in [2.75, 3.05) is 6.54 Å². The van der Waals surface area contributed by atoms with Gasteiger partial charge < -0.3 is 5.32 Å². The third-order valence-corrected chi connectivity index (χ3v) is 3.95. The van der Waals surface area contributed by atoms with E-state index in [9.17, 15) is 4.79 Å². The average molecular weight is 220 g/mol. The van der Waals surface area contributed by atoms with Crippen LogP contribution in [0.25, 0.3) is 0 Å². The molecule has 16 heavy (non-hydrogen) atoms. The van der Waals surface area contributed by atoms with Crippen LogP contribution in [-0.4, -0.2) is 12.5 Å². The maximum absolute atomic E-state index is 11.6. The minimum absolute atomic E-state index is 0.0404. The van der Waals surface area contributed by atoms with Crippen LogP contribution >= 0.6 is 0 Å². The van der Waals surface area contributed by atoms with Crippen molar-refractivity contribution in [3.8, 4) is 6.07 Å². The normalized spacial score (nSPS) is 22.7. The van der Waals surface area contributed by atoms with Gasteiger partial charge in [-0.15, -0.1) is 0 Å². The van der Waals surface area contributed by atoms with E-state index < -0.39 is 5.41 Å². The number of amides is 1. The number of carbonyl (C=O) groups is 1. The summed E-state index contributed by atoms with van der Waals surface area (Å²) in [6, 6.07) is 2.12.